The van der Waals surface area contributed by atoms with Gasteiger partial charge in [0, 0.05) is 57.9 Å². The summed E-state index contributed by atoms with van der Waals surface area (Å²) in [4.78, 5) is 11.3. The predicted octanol–water partition coefficient (Wildman–Crippen LogP) is 0.844. The molecule has 136 valence electrons. The first-order valence-corrected chi connectivity index (χ1v) is 9.62. The topological polar surface area (TPSA) is 65.1 Å². The van der Waals surface area contributed by atoms with Crippen LogP contribution in [0.15, 0.2) is 47.7 Å². The third kappa shape index (κ3) is 3.53. The second-order valence-electron chi connectivity index (χ2n) is 6.77. The van der Waals surface area contributed by atoms with E-state index in [4.69, 9.17) is 0 Å². The van der Waals surface area contributed by atoms with Crippen molar-refractivity contribution in [3.8, 4) is 0 Å². The highest BCUT2D eigenvalue weighted by molar-refractivity contribution is 7.28. The van der Waals surface area contributed by atoms with Crippen molar-refractivity contribution in [1.29, 1.82) is 0 Å². The van der Waals surface area contributed by atoms with E-state index < -0.39 is 0 Å². The van der Waals surface area contributed by atoms with Gasteiger partial charge in [0.2, 0.25) is 0 Å². The van der Waals surface area contributed by atoms with Crippen LogP contribution in [-0.4, -0.2) is 47.6 Å². The normalized spacial score (nSPS) is 17.9. The van der Waals surface area contributed by atoms with Crippen LogP contribution >= 0.6 is 9.24 Å². The first-order chi connectivity index (χ1) is 12.7. The first kappa shape index (κ1) is 17.3. The van der Waals surface area contributed by atoms with Crippen LogP contribution < -0.4 is 21.3 Å². The van der Waals surface area contributed by atoms with E-state index in [9.17, 15) is 0 Å². The van der Waals surface area contributed by atoms with Gasteiger partial charge in [0.15, 0.2) is 0 Å². The largest absolute Gasteiger partial charge is 0.385 e. The van der Waals surface area contributed by atoms with Crippen molar-refractivity contribution in [1.82, 2.24) is 30.8 Å². The van der Waals surface area contributed by atoms with Gasteiger partial charge in [-0.3, -0.25) is 9.97 Å². The van der Waals surface area contributed by atoms with E-state index >= 15 is 0 Å². The average molecular weight is 368 g/mol. The van der Waals surface area contributed by atoms with Crippen LogP contribution in [0, 0.1) is 0 Å². The van der Waals surface area contributed by atoms with Crippen LogP contribution in [-0.2, 0) is 6.54 Å². The van der Waals surface area contributed by atoms with E-state index in [0.717, 1.165) is 55.6 Å². The van der Waals surface area contributed by atoms with Gasteiger partial charge in [-0.15, -0.1) is 9.24 Å². The molecule has 26 heavy (non-hydrogen) atoms. The molecule has 2 aromatic rings. The summed E-state index contributed by atoms with van der Waals surface area (Å²) in [6, 6.07) is 4.27. The Labute approximate surface area is 156 Å². The zero-order valence-electron chi connectivity index (χ0n) is 15.0. The van der Waals surface area contributed by atoms with Crippen molar-refractivity contribution in [3.05, 3.63) is 53.3 Å². The van der Waals surface area contributed by atoms with Crippen molar-refractivity contribution in [2.45, 2.75) is 13.5 Å². The number of hydrogen-bond donors (Lipinski definition) is 3. The van der Waals surface area contributed by atoms with Crippen LogP contribution in [0.1, 0.15) is 12.5 Å². The van der Waals surface area contributed by atoms with Gasteiger partial charge < -0.3 is 20.9 Å². The molecule has 3 heterocycles. The number of dihydropyridines is 1. The highest BCUT2D eigenvalue weighted by atomic mass is 31.0. The van der Waals surface area contributed by atoms with Crippen molar-refractivity contribution >= 4 is 25.6 Å². The van der Waals surface area contributed by atoms with E-state index in [1.54, 1.807) is 12.4 Å². The average Bonchev–Trinajstić information content (AvgIpc) is 2.67. The number of benzene rings is 1. The van der Waals surface area contributed by atoms with Crippen LogP contribution in [0.2, 0.25) is 0 Å². The number of rotatable bonds is 4. The Kier molecular flexibility index (Phi) is 5.05. The Balaban J connectivity index is 1.54. The van der Waals surface area contributed by atoms with E-state index in [2.05, 4.69) is 65.3 Å². The molecule has 1 saturated heterocycles. The third-order valence-corrected chi connectivity index (χ3v) is 5.29. The zero-order chi connectivity index (χ0) is 17.9. The maximum Gasteiger partial charge on any atom is 0.0958 e. The van der Waals surface area contributed by atoms with Gasteiger partial charge in [-0.25, -0.2) is 0 Å². The Bertz CT molecular complexity index is 869. The molecular formula is C19H25N6P. The molecule has 1 atom stereocenters. The van der Waals surface area contributed by atoms with Gasteiger partial charge >= 0.3 is 0 Å². The highest BCUT2D eigenvalue weighted by Gasteiger charge is 2.21. The summed E-state index contributed by atoms with van der Waals surface area (Å²) < 4.78 is 0. The second-order valence-corrected chi connectivity index (χ2v) is 7.39. The number of piperazine rings is 1. The summed E-state index contributed by atoms with van der Waals surface area (Å²) in [7, 11) is 2.77. The number of hydrogen-bond acceptors (Lipinski definition) is 6. The lowest BCUT2D eigenvalue weighted by molar-refractivity contribution is 0.296. The van der Waals surface area contributed by atoms with Gasteiger partial charge in [0.05, 0.1) is 22.4 Å². The molecule has 2 aliphatic heterocycles. The summed E-state index contributed by atoms with van der Waals surface area (Å²) in [6.07, 6.45) is 5.58. The number of aromatic nitrogens is 2. The molecule has 1 fully saturated rings. The molecule has 0 amide bonds. The van der Waals surface area contributed by atoms with Crippen LogP contribution in [0.3, 0.4) is 0 Å². The van der Waals surface area contributed by atoms with Crippen molar-refractivity contribution in [2.24, 2.45) is 0 Å². The fraction of sp³-hybridized carbons (Fsp3) is 0.368. The van der Waals surface area contributed by atoms with Crippen molar-refractivity contribution in [2.75, 3.05) is 32.7 Å². The zero-order valence-corrected chi connectivity index (χ0v) is 16.2. The molecule has 0 aliphatic carbocycles. The van der Waals surface area contributed by atoms with Crippen molar-refractivity contribution < 1.29 is 0 Å². The molecule has 2 aliphatic rings. The molecule has 1 unspecified atom stereocenters. The quantitative estimate of drug-likeness (QED) is 0.696. The maximum absolute atomic E-state index is 4.44. The summed E-state index contributed by atoms with van der Waals surface area (Å²) in [5, 5.41) is 11.5. The number of nitrogens with one attached hydrogen (secondary N) is 3. The summed E-state index contributed by atoms with van der Waals surface area (Å²) >= 11 is 0. The smallest absolute Gasteiger partial charge is 0.0958 e. The van der Waals surface area contributed by atoms with E-state index in [-0.39, 0.29) is 0 Å². The van der Waals surface area contributed by atoms with E-state index in [0.29, 0.717) is 0 Å². The minimum atomic E-state index is 0.754. The lowest BCUT2D eigenvalue weighted by atomic mass is 10.1. The summed E-state index contributed by atoms with van der Waals surface area (Å²) in [6.45, 7) is 8.05. The molecule has 0 bridgehead atoms. The molecule has 4 rings (SSSR count). The van der Waals surface area contributed by atoms with E-state index in [1.807, 2.05) is 0 Å². The molecule has 1 aromatic heterocycles. The highest BCUT2D eigenvalue weighted by Crippen LogP contribution is 2.21. The fourth-order valence-electron chi connectivity index (χ4n) is 3.61. The molecule has 0 spiro atoms. The van der Waals surface area contributed by atoms with Crippen LogP contribution in [0.5, 0.6) is 0 Å². The summed E-state index contributed by atoms with van der Waals surface area (Å²) in [5.74, 6) is 0. The summed E-state index contributed by atoms with van der Waals surface area (Å²) in [5.41, 5.74) is 6.97. The molecule has 0 saturated carbocycles. The monoisotopic (exact) mass is 368 g/mol. The molecule has 6 nitrogen and oxygen atoms in total. The Morgan fingerprint density at radius 1 is 1.19 bits per heavy atom. The Hall–Kier alpha value is -2.17. The minimum absolute atomic E-state index is 0.754. The van der Waals surface area contributed by atoms with E-state index in [1.165, 1.54) is 22.5 Å². The van der Waals surface area contributed by atoms with Gasteiger partial charge in [-0.05, 0) is 35.5 Å². The van der Waals surface area contributed by atoms with Gasteiger partial charge in [0.25, 0.3) is 0 Å². The SMILES string of the molecule is CC1=C(N2CCNCC2)C(NCc2cc(P)c3nccnc3c2)=CNC1. The molecule has 7 heteroatoms. The predicted molar refractivity (Wildman–Crippen MR) is 109 cm³/mol. The van der Waals surface area contributed by atoms with Crippen molar-refractivity contribution in [3.63, 3.8) is 0 Å². The lowest BCUT2D eigenvalue weighted by Crippen LogP contribution is -2.45. The van der Waals surface area contributed by atoms with Crippen LogP contribution in [0.25, 0.3) is 11.0 Å². The Morgan fingerprint density at radius 3 is 2.85 bits per heavy atom. The third-order valence-electron chi connectivity index (χ3n) is 4.85. The molecular weight excluding hydrogens is 343 g/mol. The Morgan fingerprint density at radius 2 is 2.00 bits per heavy atom. The number of fused-ring (bicyclic) bond motifs is 1. The van der Waals surface area contributed by atoms with Gasteiger partial charge in [0.1, 0.15) is 0 Å². The maximum atomic E-state index is 4.44. The molecule has 1 aromatic carbocycles. The minimum Gasteiger partial charge on any atom is -0.385 e. The number of nitrogens with zero attached hydrogens (tertiary/aromatic N) is 3. The molecule has 3 N–H and O–H groups in total. The van der Waals surface area contributed by atoms with Crippen LogP contribution in [0.4, 0.5) is 0 Å². The fourth-order valence-corrected chi connectivity index (χ4v) is 4.05. The standard InChI is InChI=1S/C19H25N6P/c1-13-10-21-12-16(19(13)25-6-4-20-5-7-25)24-11-14-8-15-18(17(26)9-14)23-3-2-22-15/h2-3,8-9,12,20-21,24H,4-7,10-11,26H2,1H3. The lowest BCUT2D eigenvalue weighted by Gasteiger charge is -2.36. The van der Waals surface area contributed by atoms with Gasteiger partial charge in [-0.2, -0.15) is 0 Å². The second kappa shape index (κ2) is 7.60. The van der Waals surface area contributed by atoms with Gasteiger partial charge in [-0.1, -0.05) is 0 Å². The first-order valence-electron chi connectivity index (χ1n) is 9.05. The molecule has 0 radical (unpaired) electrons.